The fourth-order valence-corrected chi connectivity index (χ4v) is 6.52. The molecule has 2 aromatic carbocycles. The molecule has 1 atom stereocenters. The lowest BCUT2D eigenvalue weighted by Gasteiger charge is -2.12. The van der Waals surface area contributed by atoms with Gasteiger partial charge in [-0.1, -0.05) is 18.2 Å². The molecular formula is C26H23FN4O5S2. The van der Waals surface area contributed by atoms with Gasteiger partial charge >= 0.3 is 0 Å². The Hall–Kier alpha value is -3.90. The number of fused-ring (bicyclic) bond motifs is 1. The van der Waals surface area contributed by atoms with Gasteiger partial charge < -0.3 is 10.6 Å². The van der Waals surface area contributed by atoms with Crippen molar-refractivity contribution in [1.82, 2.24) is 20.2 Å². The molecule has 0 bridgehead atoms. The van der Waals surface area contributed by atoms with Crippen molar-refractivity contribution >= 4 is 43.2 Å². The maximum atomic E-state index is 15.2. The zero-order valence-electron chi connectivity index (χ0n) is 20.2. The molecule has 1 saturated carbocycles. The highest BCUT2D eigenvalue weighted by atomic mass is 32.2. The average molecular weight is 555 g/mol. The Bertz CT molecular complexity index is 1710. The van der Waals surface area contributed by atoms with Crippen LogP contribution in [0.1, 0.15) is 23.1 Å². The number of thiazole rings is 1. The smallest absolute Gasteiger partial charge is 0.255 e. The number of pyridine rings is 1. The molecule has 1 aliphatic carbocycles. The van der Waals surface area contributed by atoms with Crippen LogP contribution in [-0.4, -0.2) is 48.6 Å². The molecule has 12 heteroatoms. The van der Waals surface area contributed by atoms with Crippen LogP contribution in [0.5, 0.6) is 0 Å². The molecule has 4 aromatic rings. The molecule has 0 spiro atoms. The van der Waals surface area contributed by atoms with Crippen molar-refractivity contribution in [2.45, 2.75) is 24.1 Å². The summed E-state index contributed by atoms with van der Waals surface area (Å²) in [6.07, 6.45) is 4.20. The first kappa shape index (κ1) is 25.7. The average Bonchev–Trinajstić information content (AvgIpc) is 3.59. The van der Waals surface area contributed by atoms with E-state index in [0.29, 0.717) is 16.0 Å². The van der Waals surface area contributed by atoms with Crippen molar-refractivity contribution in [3.05, 3.63) is 82.0 Å². The Morgan fingerprint density at radius 2 is 1.89 bits per heavy atom. The first-order valence-electron chi connectivity index (χ1n) is 11.7. The van der Waals surface area contributed by atoms with Gasteiger partial charge in [-0.15, -0.1) is 11.3 Å². The van der Waals surface area contributed by atoms with E-state index in [9.17, 15) is 22.8 Å². The monoisotopic (exact) mass is 554 g/mol. The molecule has 0 radical (unpaired) electrons. The summed E-state index contributed by atoms with van der Waals surface area (Å²) in [6.45, 7) is -0.359. The summed E-state index contributed by atoms with van der Waals surface area (Å²) in [5, 5.41) is 3.40. The molecule has 5 rings (SSSR count). The summed E-state index contributed by atoms with van der Waals surface area (Å²) >= 11 is 0.950. The number of sulfone groups is 1. The maximum Gasteiger partial charge on any atom is 0.255 e. The Kier molecular flexibility index (Phi) is 6.84. The minimum absolute atomic E-state index is 0.0339. The minimum Gasteiger partial charge on any atom is -0.352 e. The molecule has 38 heavy (non-hydrogen) atoms. The number of carbonyl (C=O) groups excluding carboxylic acids is 2. The number of halogens is 1. The highest BCUT2D eigenvalue weighted by molar-refractivity contribution is 7.91. The predicted octanol–water partition coefficient (Wildman–Crippen LogP) is 2.73. The fourth-order valence-electron chi connectivity index (χ4n) is 3.99. The van der Waals surface area contributed by atoms with E-state index in [2.05, 4.69) is 15.6 Å². The van der Waals surface area contributed by atoms with Crippen LogP contribution in [0.25, 0.3) is 27.0 Å². The van der Waals surface area contributed by atoms with Crippen molar-refractivity contribution in [2.24, 2.45) is 0 Å². The van der Waals surface area contributed by atoms with Crippen molar-refractivity contribution in [3.8, 4) is 16.8 Å². The van der Waals surface area contributed by atoms with Crippen LogP contribution < -0.4 is 16.2 Å². The van der Waals surface area contributed by atoms with E-state index in [1.54, 1.807) is 24.3 Å². The first-order valence-corrected chi connectivity index (χ1v) is 14.5. The molecule has 2 amide bonds. The number of carbonyl (C=O) groups is 2. The number of nitrogens with zero attached hydrogens (tertiary/aromatic N) is 2. The van der Waals surface area contributed by atoms with Gasteiger partial charge in [0.2, 0.25) is 11.8 Å². The third kappa shape index (κ3) is 5.50. The van der Waals surface area contributed by atoms with Crippen LogP contribution in [0.4, 0.5) is 4.39 Å². The lowest BCUT2D eigenvalue weighted by Crippen LogP contribution is -2.41. The molecule has 2 heterocycles. The molecule has 0 aliphatic heterocycles. The van der Waals surface area contributed by atoms with Crippen LogP contribution >= 0.6 is 11.3 Å². The molecule has 2 N–H and O–H groups in total. The highest BCUT2D eigenvalue weighted by Gasteiger charge is 2.34. The number of nitrogens with one attached hydrogen (secondary N) is 2. The minimum atomic E-state index is -3.96. The third-order valence-electron chi connectivity index (χ3n) is 6.01. The standard InChI is InChI=1S/C26H23FN4O5S2/c1-38(35,36)24(25(34)28-13-22(32)29-16-8-9-16)26-30-20-12-19(27)18(11-21(20)37-26)15-7-10-23(33)31(14-15)17-5-3-2-4-6-17/h2-7,10-12,14,16,24H,8-9,13H2,1H3,(H,28,34)(H,29,32). The van der Waals surface area contributed by atoms with E-state index < -0.39 is 32.7 Å². The SMILES string of the molecule is CS(=O)(=O)C(C(=O)NCC(=O)NC1CC1)c1nc2cc(F)c(-c3ccc(=O)n(-c4ccccc4)c3)cc2s1. The Morgan fingerprint density at radius 3 is 2.58 bits per heavy atom. The van der Waals surface area contributed by atoms with Gasteiger partial charge in [0.15, 0.2) is 15.1 Å². The van der Waals surface area contributed by atoms with E-state index in [0.717, 1.165) is 30.4 Å². The molecule has 1 unspecified atom stereocenters. The maximum absolute atomic E-state index is 15.2. The van der Waals surface area contributed by atoms with Gasteiger partial charge in [-0.2, -0.15) is 0 Å². The van der Waals surface area contributed by atoms with Crippen LogP contribution in [0, 0.1) is 5.82 Å². The van der Waals surface area contributed by atoms with Crippen molar-refractivity contribution in [3.63, 3.8) is 0 Å². The van der Waals surface area contributed by atoms with Crippen LogP contribution in [0.3, 0.4) is 0 Å². The van der Waals surface area contributed by atoms with Gasteiger partial charge in [0.1, 0.15) is 10.8 Å². The molecule has 9 nitrogen and oxygen atoms in total. The Labute approximate surface area is 221 Å². The number of amides is 2. The van der Waals surface area contributed by atoms with Crippen LogP contribution in [-0.2, 0) is 19.4 Å². The topological polar surface area (TPSA) is 127 Å². The molecule has 1 fully saturated rings. The largest absolute Gasteiger partial charge is 0.352 e. The van der Waals surface area contributed by atoms with Crippen molar-refractivity contribution in [1.29, 1.82) is 0 Å². The summed E-state index contributed by atoms with van der Waals surface area (Å²) < 4.78 is 42.1. The number of benzene rings is 2. The molecule has 1 aliphatic rings. The van der Waals surface area contributed by atoms with E-state index >= 15 is 4.39 Å². The molecular weight excluding hydrogens is 531 g/mol. The second-order valence-corrected chi connectivity index (χ2v) is 12.3. The number of aromatic nitrogens is 2. The lowest BCUT2D eigenvalue weighted by molar-refractivity contribution is -0.126. The van der Waals surface area contributed by atoms with Crippen LogP contribution in [0.2, 0.25) is 0 Å². The number of hydrogen-bond acceptors (Lipinski definition) is 7. The fraction of sp³-hybridized carbons (Fsp3) is 0.231. The zero-order valence-corrected chi connectivity index (χ0v) is 21.8. The predicted molar refractivity (Wildman–Crippen MR) is 142 cm³/mol. The van der Waals surface area contributed by atoms with Gasteiger partial charge in [0.25, 0.3) is 5.56 Å². The molecule has 196 valence electrons. The summed E-state index contributed by atoms with van der Waals surface area (Å²) in [4.78, 5) is 41.4. The van der Waals surface area contributed by atoms with Gasteiger partial charge in [-0.25, -0.2) is 17.8 Å². The lowest BCUT2D eigenvalue weighted by atomic mass is 10.1. The van der Waals surface area contributed by atoms with E-state index in [1.807, 2.05) is 6.07 Å². The quantitative estimate of drug-likeness (QED) is 0.345. The normalized spacial score (nSPS) is 14.3. The van der Waals surface area contributed by atoms with Gasteiger partial charge in [0, 0.05) is 47.4 Å². The van der Waals surface area contributed by atoms with Crippen molar-refractivity contribution in [2.75, 3.05) is 12.8 Å². The number of para-hydroxylation sites is 1. The summed E-state index contributed by atoms with van der Waals surface area (Å²) in [7, 11) is -3.96. The number of hydrogen-bond donors (Lipinski definition) is 2. The van der Waals surface area contributed by atoms with Gasteiger partial charge in [0.05, 0.1) is 16.8 Å². The first-order chi connectivity index (χ1) is 18.1. The number of rotatable bonds is 8. The Balaban J connectivity index is 1.47. The van der Waals surface area contributed by atoms with E-state index in [-0.39, 0.29) is 34.2 Å². The van der Waals surface area contributed by atoms with Crippen LogP contribution in [0.15, 0.2) is 65.6 Å². The highest BCUT2D eigenvalue weighted by Crippen LogP contribution is 2.35. The second kappa shape index (κ2) is 10.1. The summed E-state index contributed by atoms with van der Waals surface area (Å²) in [6, 6.07) is 14.5. The zero-order chi connectivity index (χ0) is 27.0. The molecule has 2 aromatic heterocycles. The Morgan fingerprint density at radius 1 is 1.16 bits per heavy atom. The van der Waals surface area contributed by atoms with Crippen molar-refractivity contribution < 1.29 is 22.4 Å². The second-order valence-electron chi connectivity index (χ2n) is 9.08. The van der Waals surface area contributed by atoms with E-state index in [4.69, 9.17) is 0 Å². The summed E-state index contributed by atoms with van der Waals surface area (Å²) in [5.41, 5.74) is 1.15. The summed E-state index contributed by atoms with van der Waals surface area (Å²) in [5.74, 6) is -1.90. The van der Waals surface area contributed by atoms with E-state index in [1.165, 1.54) is 35.0 Å². The molecule has 0 saturated heterocycles. The van der Waals surface area contributed by atoms with Gasteiger partial charge in [-0.3, -0.25) is 19.0 Å². The van der Waals surface area contributed by atoms with Gasteiger partial charge in [-0.05, 0) is 37.1 Å². The third-order valence-corrected chi connectivity index (χ3v) is 8.53.